The van der Waals surface area contributed by atoms with E-state index in [2.05, 4.69) is 36.1 Å². The van der Waals surface area contributed by atoms with Gasteiger partial charge in [0.1, 0.15) is 0 Å². The van der Waals surface area contributed by atoms with Gasteiger partial charge in [0.25, 0.3) is 0 Å². The summed E-state index contributed by atoms with van der Waals surface area (Å²) in [5.74, 6) is 2.24. The average Bonchev–Trinajstić information content (AvgIpc) is 3.15. The Morgan fingerprint density at radius 1 is 1.21 bits per heavy atom. The summed E-state index contributed by atoms with van der Waals surface area (Å²) in [6, 6.07) is 8.18. The Kier molecular flexibility index (Phi) is 3.11. The van der Waals surface area contributed by atoms with Crippen LogP contribution in [0.5, 0.6) is 0 Å². The van der Waals surface area contributed by atoms with Crippen LogP contribution in [0.4, 0.5) is 0 Å². The van der Waals surface area contributed by atoms with E-state index in [4.69, 9.17) is 10.3 Å². The van der Waals surface area contributed by atoms with Gasteiger partial charge in [0, 0.05) is 5.56 Å². The molecule has 0 radical (unpaired) electrons. The summed E-state index contributed by atoms with van der Waals surface area (Å²) in [7, 11) is 0. The zero-order chi connectivity index (χ0) is 13.4. The van der Waals surface area contributed by atoms with Crippen molar-refractivity contribution in [3.8, 4) is 11.4 Å². The highest BCUT2D eigenvalue weighted by Gasteiger charge is 2.33. The molecule has 1 aromatic heterocycles. The van der Waals surface area contributed by atoms with Crippen molar-refractivity contribution in [1.82, 2.24) is 10.1 Å². The van der Waals surface area contributed by atoms with Crippen molar-refractivity contribution in [2.75, 3.05) is 0 Å². The summed E-state index contributed by atoms with van der Waals surface area (Å²) in [6.45, 7) is 4.35. The van der Waals surface area contributed by atoms with E-state index >= 15 is 0 Å². The largest absolute Gasteiger partial charge is 0.337 e. The van der Waals surface area contributed by atoms with Crippen molar-refractivity contribution < 1.29 is 4.52 Å². The van der Waals surface area contributed by atoms with Gasteiger partial charge in [0.15, 0.2) is 0 Å². The van der Waals surface area contributed by atoms with Gasteiger partial charge < -0.3 is 10.3 Å². The van der Waals surface area contributed by atoms with Crippen LogP contribution in [0.1, 0.15) is 50.1 Å². The Morgan fingerprint density at radius 2 is 1.89 bits per heavy atom. The lowest BCUT2D eigenvalue weighted by molar-refractivity contribution is 0.343. The minimum absolute atomic E-state index is 0.101. The molecule has 19 heavy (non-hydrogen) atoms. The molecule has 3 rings (SSSR count). The third-order valence-electron chi connectivity index (χ3n) is 3.69. The lowest BCUT2D eigenvalue weighted by atomic mass is 10.0. The van der Waals surface area contributed by atoms with E-state index in [9.17, 15) is 0 Å². The molecule has 4 nitrogen and oxygen atoms in total. The molecule has 0 spiro atoms. The van der Waals surface area contributed by atoms with Crippen LogP contribution >= 0.6 is 0 Å². The first-order valence-corrected chi connectivity index (χ1v) is 6.84. The first kappa shape index (κ1) is 12.4. The quantitative estimate of drug-likeness (QED) is 0.913. The second-order valence-electron chi connectivity index (χ2n) is 5.60. The molecule has 1 aliphatic carbocycles. The summed E-state index contributed by atoms with van der Waals surface area (Å²) in [5, 5.41) is 4.03. The summed E-state index contributed by atoms with van der Waals surface area (Å²) in [5.41, 5.74) is 8.34. The van der Waals surface area contributed by atoms with Crippen molar-refractivity contribution >= 4 is 0 Å². The second kappa shape index (κ2) is 4.78. The summed E-state index contributed by atoms with van der Waals surface area (Å²) >= 11 is 0. The van der Waals surface area contributed by atoms with E-state index in [-0.39, 0.29) is 6.04 Å². The fraction of sp³-hybridized carbons (Fsp3) is 0.467. The minimum Gasteiger partial charge on any atom is -0.337 e. The van der Waals surface area contributed by atoms with Crippen molar-refractivity contribution in [2.45, 2.75) is 38.6 Å². The highest BCUT2D eigenvalue weighted by atomic mass is 16.5. The predicted octanol–water partition coefficient (Wildman–Crippen LogP) is 3.27. The molecular formula is C15H19N3O. The van der Waals surface area contributed by atoms with Crippen LogP contribution in [0.3, 0.4) is 0 Å². The lowest BCUT2D eigenvalue weighted by Gasteiger charge is -2.04. The first-order valence-electron chi connectivity index (χ1n) is 6.84. The highest BCUT2D eigenvalue weighted by Crippen LogP contribution is 2.39. The van der Waals surface area contributed by atoms with E-state index in [1.165, 1.54) is 18.4 Å². The minimum atomic E-state index is -0.101. The number of nitrogens with zero attached hydrogens (tertiary/aromatic N) is 2. The molecule has 0 bridgehead atoms. The van der Waals surface area contributed by atoms with E-state index in [0.717, 1.165) is 5.56 Å². The Balaban J connectivity index is 1.81. The Labute approximate surface area is 113 Å². The van der Waals surface area contributed by atoms with E-state index < -0.39 is 0 Å². The highest BCUT2D eigenvalue weighted by molar-refractivity contribution is 5.54. The molecule has 1 aromatic carbocycles. The Hall–Kier alpha value is -1.68. The van der Waals surface area contributed by atoms with Crippen LogP contribution in [0.15, 0.2) is 28.8 Å². The molecule has 2 N–H and O–H groups in total. The van der Waals surface area contributed by atoms with Crippen LogP contribution in [0.25, 0.3) is 11.4 Å². The molecule has 1 heterocycles. The Bertz CT molecular complexity index is 555. The fourth-order valence-corrected chi connectivity index (χ4v) is 2.16. The molecule has 0 amide bonds. The summed E-state index contributed by atoms with van der Waals surface area (Å²) in [4.78, 5) is 4.41. The molecule has 1 unspecified atom stereocenters. The van der Waals surface area contributed by atoms with Gasteiger partial charge in [0.2, 0.25) is 11.7 Å². The maximum Gasteiger partial charge on any atom is 0.244 e. The zero-order valence-electron chi connectivity index (χ0n) is 11.3. The van der Waals surface area contributed by atoms with Gasteiger partial charge in [-0.25, -0.2) is 0 Å². The summed E-state index contributed by atoms with van der Waals surface area (Å²) < 4.78 is 5.27. The van der Waals surface area contributed by atoms with Gasteiger partial charge in [-0.05, 0) is 30.2 Å². The molecule has 2 aromatic rings. The maximum absolute atomic E-state index is 6.06. The fourth-order valence-electron chi connectivity index (χ4n) is 2.16. The number of rotatable bonds is 4. The first-order chi connectivity index (χ1) is 9.15. The van der Waals surface area contributed by atoms with Gasteiger partial charge in [0.05, 0.1) is 6.04 Å². The Morgan fingerprint density at radius 3 is 2.47 bits per heavy atom. The van der Waals surface area contributed by atoms with Crippen LogP contribution in [0, 0.1) is 5.92 Å². The molecule has 4 heteroatoms. The number of hydrogen-bond donors (Lipinski definition) is 1. The topological polar surface area (TPSA) is 64.9 Å². The van der Waals surface area contributed by atoms with E-state index in [1.807, 2.05) is 12.1 Å². The monoisotopic (exact) mass is 257 g/mol. The number of nitrogens with two attached hydrogens (primary N) is 1. The molecule has 1 fully saturated rings. The van der Waals surface area contributed by atoms with Crippen molar-refractivity contribution in [3.05, 3.63) is 35.7 Å². The van der Waals surface area contributed by atoms with Gasteiger partial charge in [-0.3, -0.25) is 0 Å². The van der Waals surface area contributed by atoms with Crippen LogP contribution in [0.2, 0.25) is 0 Å². The molecule has 0 aliphatic heterocycles. The normalized spacial score (nSPS) is 16.8. The van der Waals surface area contributed by atoms with E-state index in [1.54, 1.807) is 0 Å². The van der Waals surface area contributed by atoms with Gasteiger partial charge >= 0.3 is 0 Å². The molecule has 1 saturated carbocycles. The van der Waals surface area contributed by atoms with Gasteiger partial charge in [-0.1, -0.05) is 43.3 Å². The molecule has 100 valence electrons. The zero-order valence-corrected chi connectivity index (χ0v) is 11.3. The molecule has 0 saturated heterocycles. The standard InChI is InChI=1S/C15H19N3O/c1-9(2)10-3-7-12(8-4-10)14-17-15(19-18-14)13(16)11-5-6-11/h3-4,7-9,11,13H,5-6,16H2,1-2H3. The lowest BCUT2D eigenvalue weighted by Crippen LogP contribution is -2.12. The number of aromatic nitrogens is 2. The maximum atomic E-state index is 6.06. The molecule has 1 aliphatic rings. The van der Waals surface area contributed by atoms with Gasteiger partial charge in [-0.15, -0.1) is 0 Å². The SMILES string of the molecule is CC(C)c1ccc(-c2noc(C(N)C3CC3)n2)cc1. The average molecular weight is 257 g/mol. The molecular weight excluding hydrogens is 238 g/mol. The third kappa shape index (κ3) is 2.54. The van der Waals surface area contributed by atoms with Crippen molar-refractivity contribution in [1.29, 1.82) is 0 Å². The molecule has 1 atom stereocenters. The van der Waals surface area contributed by atoms with Crippen molar-refractivity contribution in [2.24, 2.45) is 11.7 Å². The van der Waals surface area contributed by atoms with Crippen LogP contribution in [-0.4, -0.2) is 10.1 Å². The number of benzene rings is 1. The third-order valence-corrected chi connectivity index (χ3v) is 3.69. The second-order valence-corrected chi connectivity index (χ2v) is 5.60. The van der Waals surface area contributed by atoms with Crippen LogP contribution < -0.4 is 5.73 Å². The van der Waals surface area contributed by atoms with Crippen molar-refractivity contribution in [3.63, 3.8) is 0 Å². The van der Waals surface area contributed by atoms with Gasteiger partial charge in [-0.2, -0.15) is 4.98 Å². The smallest absolute Gasteiger partial charge is 0.244 e. The number of hydrogen-bond acceptors (Lipinski definition) is 4. The summed E-state index contributed by atoms with van der Waals surface area (Å²) in [6.07, 6.45) is 2.34. The van der Waals surface area contributed by atoms with Crippen LogP contribution in [-0.2, 0) is 0 Å². The predicted molar refractivity (Wildman–Crippen MR) is 73.5 cm³/mol. The van der Waals surface area contributed by atoms with E-state index in [0.29, 0.717) is 23.6 Å².